The average molecular weight is 477 g/mol. The quantitative estimate of drug-likeness (QED) is 0.290. The molecule has 3 rings (SSSR count). The highest BCUT2D eigenvalue weighted by Crippen LogP contribution is 2.23. The van der Waals surface area contributed by atoms with Gasteiger partial charge in [-0.3, -0.25) is 4.79 Å². The summed E-state index contributed by atoms with van der Waals surface area (Å²) in [5.41, 5.74) is 4.74. The van der Waals surface area contributed by atoms with Crippen molar-refractivity contribution < 1.29 is 20.1 Å². The van der Waals surface area contributed by atoms with E-state index < -0.39 is 6.10 Å². The maximum atomic E-state index is 12.7. The number of aryl methyl sites for hydroxylation is 1. The van der Waals surface area contributed by atoms with Gasteiger partial charge in [-0.15, -0.1) is 0 Å². The number of hydrogen-bond donors (Lipinski definition) is 5. The summed E-state index contributed by atoms with van der Waals surface area (Å²) in [4.78, 5) is 12.7. The number of carbonyl (C=O) groups is 1. The minimum Gasteiger partial charge on any atom is -0.508 e. The van der Waals surface area contributed by atoms with Crippen LogP contribution in [0, 0.1) is 6.92 Å². The van der Waals surface area contributed by atoms with Crippen molar-refractivity contribution in [2.75, 3.05) is 13.1 Å². The number of carbonyl (C=O) groups excluding carboxylic acids is 1. The predicted molar refractivity (Wildman–Crippen MR) is 138 cm³/mol. The molecule has 3 aromatic rings. The Morgan fingerprint density at radius 2 is 1.74 bits per heavy atom. The molecule has 0 saturated carbocycles. The van der Waals surface area contributed by atoms with E-state index in [2.05, 4.69) is 35.8 Å². The minimum absolute atomic E-state index is 0.0100. The van der Waals surface area contributed by atoms with Gasteiger partial charge in [0.1, 0.15) is 5.75 Å². The van der Waals surface area contributed by atoms with E-state index in [0.717, 1.165) is 12.0 Å². The first-order valence-corrected chi connectivity index (χ1v) is 12.0. The van der Waals surface area contributed by atoms with Gasteiger partial charge in [-0.25, -0.2) is 0 Å². The van der Waals surface area contributed by atoms with Gasteiger partial charge < -0.3 is 26.0 Å². The summed E-state index contributed by atoms with van der Waals surface area (Å²) in [6.07, 6.45) is 0.667. The largest absolute Gasteiger partial charge is 0.508 e. The molecular formula is C29H36N2O4. The molecule has 0 bridgehead atoms. The van der Waals surface area contributed by atoms with E-state index in [9.17, 15) is 20.1 Å². The van der Waals surface area contributed by atoms with E-state index in [1.807, 2.05) is 44.2 Å². The van der Waals surface area contributed by atoms with Gasteiger partial charge >= 0.3 is 0 Å². The van der Waals surface area contributed by atoms with Gasteiger partial charge in [-0.2, -0.15) is 0 Å². The van der Waals surface area contributed by atoms with Gasteiger partial charge in [-0.05, 0) is 74.6 Å². The van der Waals surface area contributed by atoms with Crippen LogP contribution in [0.2, 0.25) is 0 Å². The molecule has 0 aliphatic carbocycles. The second-order valence-corrected chi connectivity index (χ2v) is 9.70. The van der Waals surface area contributed by atoms with Gasteiger partial charge in [-0.1, -0.05) is 48.0 Å². The van der Waals surface area contributed by atoms with Crippen LogP contribution >= 0.6 is 0 Å². The lowest BCUT2D eigenvalue weighted by atomic mass is 9.93. The normalized spacial score (nSPS) is 12.4. The average Bonchev–Trinajstić information content (AvgIpc) is 2.83. The third-order valence-electron chi connectivity index (χ3n) is 6.05. The van der Waals surface area contributed by atoms with E-state index >= 15 is 0 Å². The Morgan fingerprint density at radius 1 is 1.00 bits per heavy atom. The van der Waals surface area contributed by atoms with Crippen LogP contribution in [0.4, 0.5) is 0 Å². The second kappa shape index (κ2) is 12.0. The van der Waals surface area contributed by atoms with Crippen molar-refractivity contribution in [3.8, 4) is 5.75 Å². The summed E-state index contributed by atoms with van der Waals surface area (Å²) in [5, 5.41) is 36.0. The number of aromatic hydroxyl groups is 1. The molecule has 1 amide bonds. The number of β-amino-alcohol motifs (C(OH)–C–C–N with tert-alkyl or cyclic N) is 1. The number of aliphatic hydroxyl groups is 2. The van der Waals surface area contributed by atoms with Crippen LogP contribution in [0.5, 0.6) is 5.75 Å². The van der Waals surface area contributed by atoms with Crippen LogP contribution in [-0.2, 0) is 19.4 Å². The van der Waals surface area contributed by atoms with Crippen molar-refractivity contribution in [1.29, 1.82) is 0 Å². The van der Waals surface area contributed by atoms with Crippen molar-refractivity contribution in [2.45, 2.75) is 51.9 Å². The molecule has 1 atom stereocenters. The first-order chi connectivity index (χ1) is 16.7. The van der Waals surface area contributed by atoms with Crippen LogP contribution in [-0.4, -0.2) is 39.9 Å². The predicted octanol–water partition coefficient (Wildman–Crippen LogP) is 3.81. The Hall–Kier alpha value is -3.19. The van der Waals surface area contributed by atoms with Crippen molar-refractivity contribution in [2.24, 2.45) is 0 Å². The first kappa shape index (κ1) is 26.4. The second-order valence-electron chi connectivity index (χ2n) is 9.70. The summed E-state index contributed by atoms with van der Waals surface area (Å²) >= 11 is 0. The van der Waals surface area contributed by atoms with Gasteiger partial charge in [0.15, 0.2) is 0 Å². The van der Waals surface area contributed by atoms with E-state index in [0.29, 0.717) is 36.2 Å². The van der Waals surface area contributed by atoms with Crippen LogP contribution in [0.1, 0.15) is 58.1 Å². The Balaban J connectivity index is 1.53. The standard InChI is InChI=1S/C29H36N2O4/c1-20-6-4-7-21(14-20)12-13-30-28(35)24-9-5-8-22(15-24)17-29(2,3)31-18-27(34)23-10-11-26(33)25(16-23)19-32/h4-11,14-16,27,31-34H,12-13,17-19H2,1-3H3,(H,30,35)/t27-/m0/s1. The van der Waals surface area contributed by atoms with Crippen molar-refractivity contribution in [3.05, 3.63) is 100 Å². The Kier molecular flexibility index (Phi) is 9.04. The number of benzene rings is 3. The number of nitrogens with one attached hydrogen (secondary N) is 2. The highest BCUT2D eigenvalue weighted by atomic mass is 16.3. The molecule has 0 spiro atoms. The zero-order valence-electron chi connectivity index (χ0n) is 20.7. The fourth-order valence-electron chi connectivity index (χ4n) is 4.12. The molecular weight excluding hydrogens is 440 g/mol. The summed E-state index contributed by atoms with van der Waals surface area (Å²) < 4.78 is 0. The minimum atomic E-state index is -0.786. The number of phenols is 1. The van der Waals surface area contributed by atoms with Crippen molar-refractivity contribution in [3.63, 3.8) is 0 Å². The van der Waals surface area contributed by atoms with Crippen molar-refractivity contribution in [1.82, 2.24) is 10.6 Å². The van der Waals surface area contributed by atoms with Crippen molar-refractivity contribution >= 4 is 5.91 Å². The lowest BCUT2D eigenvalue weighted by Gasteiger charge is -2.28. The molecule has 186 valence electrons. The molecule has 0 radical (unpaired) electrons. The first-order valence-electron chi connectivity index (χ1n) is 12.0. The summed E-state index contributed by atoms with van der Waals surface area (Å²) in [6.45, 7) is 6.75. The fourth-order valence-corrected chi connectivity index (χ4v) is 4.12. The van der Waals surface area contributed by atoms with Crippen LogP contribution < -0.4 is 10.6 Å². The Labute approximate surface area is 207 Å². The lowest BCUT2D eigenvalue weighted by molar-refractivity contribution is 0.0954. The number of rotatable bonds is 11. The molecule has 0 unspecified atom stereocenters. The van der Waals surface area contributed by atoms with E-state index in [-0.39, 0.29) is 23.8 Å². The molecule has 0 fully saturated rings. The summed E-state index contributed by atoms with van der Waals surface area (Å²) in [5.74, 6) is -0.0801. The summed E-state index contributed by atoms with van der Waals surface area (Å²) in [6, 6.07) is 20.6. The smallest absolute Gasteiger partial charge is 0.251 e. The van der Waals surface area contributed by atoms with E-state index in [1.165, 1.54) is 17.2 Å². The molecule has 35 heavy (non-hydrogen) atoms. The molecule has 0 heterocycles. The number of aliphatic hydroxyl groups excluding tert-OH is 2. The Bertz CT molecular complexity index is 1140. The molecule has 0 aliphatic heterocycles. The fraction of sp³-hybridized carbons (Fsp3) is 0.345. The number of hydrogen-bond acceptors (Lipinski definition) is 5. The highest BCUT2D eigenvalue weighted by molar-refractivity contribution is 5.94. The van der Waals surface area contributed by atoms with Crippen LogP contribution in [0.3, 0.4) is 0 Å². The molecule has 0 aliphatic rings. The molecule has 6 heteroatoms. The molecule has 0 saturated heterocycles. The van der Waals surface area contributed by atoms with Gasteiger partial charge in [0, 0.05) is 29.8 Å². The van der Waals surface area contributed by atoms with Gasteiger partial charge in [0.25, 0.3) is 5.91 Å². The molecule has 6 nitrogen and oxygen atoms in total. The zero-order valence-corrected chi connectivity index (χ0v) is 20.7. The highest BCUT2D eigenvalue weighted by Gasteiger charge is 2.21. The third-order valence-corrected chi connectivity index (χ3v) is 6.05. The van der Waals surface area contributed by atoms with Crippen LogP contribution in [0.15, 0.2) is 66.7 Å². The Morgan fingerprint density at radius 3 is 2.49 bits per heavy atom. The monoisotopic (exact) mass is 476 g/mol. The molecule has 5 N–H and O–H groups in total. The van der Waals surface area contributed by atoms with Crippen LogP contribution in [0.25, 0.3) is 0 Å². The van der Waals surface area contributed by atoms with Gasteiger partial charge in [0.05, 0.1) is 12.7 Å². The third kappa shape index (κ3) is 7.92. The van der Waals surface area contributed by atoms with E-state index in [1.54, 1.807) is 12.1 Å². The molecule has 0 aromatic heterocycles. The van der Waals surface area contributed by atoms with E-state index in [4.69, 9.17) is 0 Å². The maximum Gasteiger partial charge on any atom is 0.251 e. The molecule has 3 aromatic carbocycles. The zero-order chi connectivity index (χ0) is 25.4. The topological polar surface area (TPSA) is 102 Å². The number of amides is 1. The maximum absolute atomic E-state index is 12.7. The lowest BCUT2D eigenvalue weighted by Crippen LogP contribution is -2.43. The van der Waals surface area contributed by atoms with Gasteiger partial charge in [0.2, 0.25) is 0 Å². The summed E-state index contributed by atoms with van der Waals surface area (Å²) in [7, 11) is 0. The SMILES string of the molecule is Cc1cccc(CCNC(=O)c2cccc(CC(C)(C)NC[C@H](O)c3ccc(O)c(CO)c3)c2)c1.